The molecule has 0 spiro atoms. The molecule has 0 atom stereocenters. The lowest BCUT2D eigenvalue weighted by atomic mass is 10.0. The molecule has 0 unspecified atom stereocenters. The zero-order valence-corrected chi connectivity index (χ0v) is 14.2. The number of aromatic hydroxyl groups is 3. The molecule has 0 fully saturated rings. The van der Waals surface area contributed by atoms with Crippen molar-refractivity contribution in [3.8, 4) is 17.2 Å². The van der Waals surface area contributed by atoms with Crippen molar-refractivity contribution in [2.24, 2.45) is 0 Å². The molecule has 0 aliphatic heterocycles. The lowest BCUT2D eigenvalue weighted by Gasteiger charge is -2.10. The van der Waals surface area contributed by atoms with Gasteiger partial charge in [0.25, 0.3) is 0 Å². The van der Waals surface area contributed by atoms with Crippen LogP contribution in [0.4, 0.5) is 0 Å². The molecular formula is C20H17NO5. The molecule has 1 heterocycles. The molecule has 0 saturated carbocycles. The van der Waals surface area contributed by atoms with Crippen molar-refractivity contribution in [3.63, 3.8) is 0 Å². The number of aromatic carboxylic acids is 1. The maximum atomic E-state index is 11.3. The Balaban J connectivity index is 2.12. The summed E-state index contributed by atoms with van der Waals surface area (Å²) in [5.74, 6) is -2.01. The van der Waals surface area contributed by atoms with Gasteiger partial charge in [-0.1, -0.05) is 12.1 Å². The summed E-state index contributed by atoms with van der Waals surface area (Å²) in [6.07, 6.45) is 3.40. The highest BCUT2D eigenvalue weighted by atomic mass is 16.4. The first-order valence-electron chi connectivity index (χ1n) is 7.85. The van der Waals surface area contributed by atoms with Gasteiger partial charge in [-0.2, -0.15) is 0 Å². The van der Waals surface area contributed by atoms with Gasteiger partial charge < -0.3 is 20.4 Å². The largest absolute Gasteiger partial charge is 0.505 e. The van der Waals surface area contributed by atoms with E-state index in [9.17, 15) is 25.2 Å². The number of aromatic nitrogens is 1. The minimum absolute atomic E-state index is 0.190. The highest BCUT2D eigenvalue weighted by molar-refractivity contribution is 6.00. The van der Waals surface area contributed by atoms with E-state index in [0.717, 1.165) is 5.56 Å². The number of carboxylic acids is 1. The monoisotopic (exact) mass is 351 g/mol. The van der Waals surface area contributed by atoms with Crippen molar-refractivity contribution >= 4 is 29.0 Å². The van der Waals surface area contributed by atoms with Crippen LogP contribution in [-0.2, 0) is 0 Å². The lowest BCUT2D eigenvalue weighted by molar-refractivity contribution is 0.0694. The molecule has 0 aliphatic rings. The summed E-state index contributed by atoms with van der Waals surface area (Å²) in [6.45, 7) is 3.63. The van der Waals surface area contributed by atoms with Crippen molar-refractivity contribution in [1.82, 2.24) is 4.98 Å². The molecule has 0 amide bonds. The summed E-state index contributed by atoms with van der Waals surface area (Å²) in [5, 5.41) is 39.1. The van der Waals surface area contributed by atoms with Crippen LogP contribution in [0.1, 0.15) is 32.7 Å². The Hall–Kier alpha value is -3.54. The molecular weight excluding hydrogens is 334 g/mol. The average Bonchev–Trinajstić information content (AvgIpc) is 2.59. The topological polar surface area (TPSA) is 111 Å². The van der Waals surface area contributed by atoms with E-state index in [1.807, 2.05) is 13.0 Å². The van der Waals surface area contributed by atoms with Crippen LogP contribution in [0.5, 0.6) is 17.2 Å². The van der Waals surface area contributed by atoms with Gasteiger partial charge >= 0.3 is 5.97 Å². The number of rotatable bonds is 3. The fraction of sp³-hybridized carbons (Fsp3) is 0.100. The van der Waals surface area contributed by atoms with E-state index in [2.05, 4.69) is 4.98 Å². The third kappa shape index (κ3) is 3.04. The van der Waals surface area contributed by atoms with Crippen LogP contribution in [0.2, 0.25) is 0 Å². The molecule has 1 aromatic heterocycles. The number of phenols is 3. The van der Waals surface area contributed by atoms with Gasteiger partial charge in [-0.3, -0.25) is 0 Å². The first-order chi connectivity index (χ1) is 12.3. The van der Waals surface area contributed by atoms with Gasteiger partial charge in [-0.15, -0.1) is 0 Å². The fourth-order valence-corrected chi connectivity index (χ4v) is 2.75. The number of nitrogens with zero attached hydrogens (tertiary/aromatic N) is 1. The number of pyridine rings is 1. The molecule has 0 aliphatic carbocycles. The van der Waals surface area contributed by atoms with E-state index >= 15 is 0 Å². The number of fused-ring (bicyclic) bond motifs is 1. The zero-order valence-electron chi connectivity index (χ0n) is 14.2. The number of aryl methyl sites for hydroxylation is 2. The third-order valence-electron chi connectivity index (χ3n) is 4.18. The van der Waals surface area contributed by atoms with Crippen molar-refractivity contribution in [2.45, 2.75) is 13.8 Å². The molecule has 0 bridgehead atoms. The zero-order chi connectivity index (χ0) is 19.0. The predicted molar refractivity (Wildman–Crippen MR) is 98.5 cm³/mol. The summed E-state index contributed by atoms with van der Waals surface area (Å²) in [6, 6.07) is 7.69. The molecule has 132 valence electrons. The minimum atomic E-state index is -1.22. The second-order valence-corrected chi connectivity index (χ2v) is 6.06. The lowest BCUT2D eigenvalue weighted by Crippen LogP contribution is -2.00. The second kappa shape index (κ2) is 6.40. The van der Waals surface area contributed by atoms with E-state index in [-0.39, 0.29) is 28.3 Å². The number of hydrogen-bond acceptors (Lipinski definition) is 5. The van der Waals surface area contributed by atoms with Gasteiger partial charge in [0, 0.05) is 5.39 Å². The number of phenolic OH excluding ortho intramolecular Hbond substituents is 2. The van der Waals surface area contributed by atoms with Crippen LogP contribution < -0.4 is 0 Å². The average molecular weight is 351 g/mol. The predicted octanol–water partition coefficient (Wildman–Crippen LogP) is 3.84. The van der Waals surface area contributed by atoms with Crippen molar-refractivity contribution in [3.05, 3.63) is 58.3 Å². The van der Waals surface area contributed by atoms with Crippen molar-refractivity contribution < 1.29 is 25.2 Å². The maximum absolute atomic E-state index is 11.3. The molecule has 26 heavy (non-hydrogen) atoms. The number of carbonyl (C=O) groups is 1. The summed E-state index contributed by atoms with van der Waals surface area (Å²) in [5.41, 5.74) is 2.81. The van der Waals surface area contributed by atoms with E-state index < -0.39 is 5.97 Å². The molecule has 0 radical (unpaired) electrons. The minimum Gasteiger partial charge on any atom is -0.505 e. The van der Waals surface area contributed by atoms with E-state index in [1.54, 1.807) is 25.1 Å². The Labute approximate surface area is 149 Å². The SMILES string of the molecule is Cc1cc2c(C)cc(C(=O)O)c(O)c2nc1/C=C/c1ccc(O)c(O)c1. The fourth-order valence-electron chi connectivity index (χ4n) is 2.75. The Bertz CT molecular complexity index is 1070. The summed E-state index contributed by atoms with van der Waals surface area (Å²) >= 11 is 0. The quantitative estimate of drug-likeness (QED) is 0.534. The standard InChI is InChI=1S/C20H17NO5/c1-10-7-14(20(25)26)19(24)18-13(10)8-11(2)15(21-18)5-3-12-4-6-16(22)17(23)9-12/h3-9,22-24H,1-2H3,(H,25,26)/b5-3+. The van der Waals surface area contributed by atoms with E-state index in [0.29, 0.717) is 22.2 Å². The van der Waals surface area contributed by atoms with Crippen LogP contribution in [-0.4, -0.2) is 31.4 Å². The molecule has 4 N–H and O–H groups in total. The van der Waals surface area contributed by atoms with Gasteiger partial charge in [0.15, 0.2) is 17.2 Å². The smallest absolute Gasteiger partial charge is 0.339 e. The molecule has 6 heteroatoms. The number of carboxylic acid groups (broad SMARTS) is 1. The Kier molecular flexibility index (Phi) is 4.26. The molecule has 6 nitrogen and oxygen atoms in total. The number of benzene rings is 2. The molecule has 3 aromatic rings. The maximum Gasteiger partial charge on any atom is 0.339 e. The van der Waals surface area contributed by atoms with Gasteiger partial charge in [-0.05, 0) is 60.9 Å². The summed E-state index contributed by atoms with van der Waals surface area (Å²) < 4.78 is 0. The van der Waals surface area contributed by atoms with E-state index in [1.165, 1.54) is 18.2 Å². The van der Waals surface area contributed by atoms with Gasteiger partial charge in [0.2, 0.25) is 0 Å². The van der Waals surface area contributed by atoms with Crippen molar-refractivity contribution in [2.75, 3.05) is 0 Å². The Morgan fingerprint density at radius 3 is 2.35 bits per heavy atom. The summed E-state index contributed by atoms with van der Waals surface area (Å²) in [7, 11) is 0. The first kappa shape index (κ1) is 17.3. The van der Waals surface area contributed by atoms with Crippen LogP contribution in [0.3, 0.4) is 0 Å². The Morgan fingerprint density at radius 2 is 1.69 bits per heavy atom. The van der Waals surface area contributed by atoms with Gasteiger partial charge in [0.1, 0.15) is 11.1 Å². The normalized spacial score (nSPS) is 11.3. The van der Waals surface area contributed by atoms with Gasteiger partial charge in [0.05, 0.1) is 5.69 Å². The van der Waals surface area contributed by atoms with Crippen LogP contribution >= 0.6 is 0 Å². The molecule has 0 saturated heterocycles. The van der Waals surface area contributed by atoms with Crippen molar-refractivity contribution in [1.29, 1.82) is 0 Å². The van der Waals surface area contributed by atoms with Gasteiger partial charge in [-0.25, -0.2) is 9.78 Å². The summed E-state index contributed by atoms with van der Waals surface area (Å²) in [4.78, 5) is 15.7. The number of hydrogen-bond donors (Lipinski definition) is 4. The molecule has 3 rings (SSSR count). The highest BCUT2D eigenvalue weighted by Crippen LogP contribution is 2.32. The molecule has 2 aromatic carbocycles. The second-order valence-electron chi connectivity index (χ2n) is 6.06. The third-order valence-corrected chi connectivity index (χ3v) is 4.18. The van der Waals surface area contributed by atoms with Crippen LogP contribution in [0.25, 0.3) is 23.1 Å². The van der Waals surface area contributed by atoms with Crippen LogP contribution in [0.15, 0.2) is 30.3 Å². The van der Waals surface area contributed by atoms with E-state index in [4.69, 9.17) is 0 Å². The van der Waals surface area contributed by atoms with Crippen LogP contribution in [0, 0.1) is 13.8 Å². The first-order valence-corrected chi connectivity index (χ1v) is 7.85. The highest BCUT2D eigenvalue weighted by Gasteiger charge is 2.17. The Morgan fingerprint density at radius 1 is 0.962 bits per heavy atom.